The molecule has 1 N–H and O–H groups in total. The van der Waals surface area contributed by atoms with E-state index in [-0.39, 0.29) is 12.2 Å². The van der Waals surface area contributed by atoms with Gasteiger partial charge in [0.05, 0.1) is 11.6 Å². The number of cyclic esters (lactones) is 1. The average Bonchev–Trinajstić information content (AvgIpc) is 2.30. The summed E-state index contributed by atoms with van der Waals surface area (Å²) in [5.41, 5.74) is -1.60. The van der Waals surface area contributed by atoms with Gasteiger partial charge in [0.15, 0.2) is 0 Å². The van der Waals surface area contributed by atoms with Crippen molar-refractivity contribution >= 4 is 6.09 Å². The zero-order valence-electron chi connectivity index (χ0n) is 10.8. The monoisotopic (exact) mass is 291 g/mol. The van der Waals surface area contributed by atoms with Gasteiger partial charge < -0.3 is 10.1 Å². The van der Waals surface area contributed by atoms with Crippen LogP contribution in [-0.4, -0.2) is 12.7 Å². The highest BCUT2D eigenvalue weighted by molar-refractivity contribution is 5.69. The zero-order valence-corrected chi connectivity index (χ0v) is 10.8. The number of alkyl halides is 3. The second-order valence-corrected chi connectivity index (χ2v) is 5.38. The van der Waals surface area contributed by atoms with Crippen LogP contribution in [0.3, 0.4) is 0 Å². The van der Waals surface area contributed by atoms with Crippen LogP contribution in [0.2, 0.25) is 0 Å². The number of hydrogen-bond acceptors (Lipinski definition) is 2. The van der Waals surface area contributed by atoms with Crippen LogP contribution in [0.15, 0.2) is 18.2 Å². The third kappa shape index (κ3) is 2.71. The maximum Gasteiger partial charge on any atom is 0.419 e. The Kier molecular flexibility index (Phi) is 3.39. The van der Waals surface area contributed by atoms with E-state index < -0.39 is 35.1 Å². The molecule has 110 valence electrons. The molecule has 1 amide bonds. The molecule has 0 aliphatic carbocycles. The lowest BCUT2D eigenvalue weighted by Gasteiger charge is -2.38. The average molecular weight is 291 g/mol. The van der Waals surface area contributed by atoms with E-state index in [9.17, 15) is 22.4 Å². The Morgan fingerprint density at radius 3 is 2.55 bits per heavy atom. The predicted molar refractivity (Wildman–Crippen MR) is 62.4 cm³/mol. The van der Waals surface area contributed by atoms with Crippen molar-refractivity contribution < 1.29 is 27.1 Å². The van der Waals surface area contributed by atoms with E-state index in [2.05, 4.69) is 5.32 Å². The molecular formula is C13H13F4NO2. The summed E-state index contributed by atoms with van der Waals surface area (Å²) in [6.07, 6.45) is -5.41. The molecule has 1 aromatic carbocycles. The first kappa shape index (κ1) is 14.6. The molecule has 3 nitrogen and oxygen atoms in total. The van der Waals surface area contributed by atoms with Gasteiger partial charge in [-0.2, -0.15) is 13.2 Å². The Morgan fingerprint density at radius 1 is 1.35 bits per heavy atom. The number of hydrogen-bond donors (Lipinski definition) is 1. The first-order valence-electron chi connectivity index (χ1n) is 5.91. The molecule has 20 heavy (non-hydrogen) atoms. The summed E-state index contributed by atoms with van der Waals surface area (Å²) in [4.78, 5) is 11.2. The van der Waals surface area contributed by atoms with E-state index in [0.717, 1.165) is 6.07 Å². The second-order valence-electron chi connectivity index (χ2n) is 5.38. The Hall–Kier alpha value is -1.79. The molecule has 1 aliphatic rings. The SMILES string of the molecule is CC1(C)COC(=O)N[C@H]1c1ccc(C(F)(F)F)c(F)c1. The number of halogens is 4. The Balaban J connectivity index is 2.38. The Labute approximate surface area is 112 Å². The predicted octanol–water partition coefficient (Wildman–Crippen LogP) is 3.65. The number of carbonyl (C=O) groups is 1. The molecule has 7 heteroatoms. The van der Waals surface area contributed by atoms with E-state index in [4.69, 9.17) is 4.74 Å². The zero-order chi connectivity index (χ0) is 15.1. The molecule has 0 aromatic heterocycles. The summed E-state index contributed by atoms with van der Waals surface area (Å²) in [7, 11) is 0. The summed E-state index contributed by atoms with van der Waals surface area (Å²) in [6, 6.07) is 2.05. The first-order chi connectivity index (χ1) is 9.11. The van der Waals surface area contributed by atoms with Crippen molar-refractivity contribution in [2.24, 2.45) is 5.41 Å². The van der Waals surface area contributed by atoms with Gasteiger partial charge in [0.25, 0.3) is 0 Å². The molecule has 0 spiro atoms. The third-order valence-corrected chi connectivity index (χ3v) is 3.25. The largest absolute Gasteiger partial charge is 0.449 e. The number of benzene rings is 1. The molecule has 1 saturated heterocycles. The molecule has 1 heterocycles. The molecule has 0 saturated carbocycles. The van der Waals surface area contributed by atoms with Crippen molar-refractivity contribution in [3.05, 3.63) is 35.1 Å². The molecule has 0 radical (unpaired) electrons. The lowest BCUT2D eigenvalue weighted by Crippen LogP contribution is -2.47. The Bertz CT molecular complexity index is 540. The minimum atomic E-state index is -4.74. The van der Waals surface area contributed by atoms with Gasteiger partial charge >= 0.3 is 12.3 Å². The highest BCUT2D eigenvalue weighted by Crippen LogP contribution is 2.38. The molecule has 1 aliphatic heterocycles. The van der Waals surface area contributed by atoms with Crippen LogP contribution < -0.4 is 5.32 Å². The van der Waals surface area contributed by atoms with Gasteiger partial charge in [-0.15, -0.1) is 0 Å². The fourth-order valence-electron chi connectivity index (χ4n) is 2.17. The summed E-state index contributed by atoms with van der Waals surface area (Å²) in [6.45, 7) is 3.64. The Morgan fingerprint density at radius 2 is 2.00 bits per heavy atom. The summed E-state index contributed by atoms with van der Waals surface area (Å²) < 4.78 is 55.9. The third-order valence-electron chi connectivity index (χ3n) is 3.25. The van der Waals surface area contributed by atoms with Gasteiger partial charge in [-0.1, -0.05) is 19.9 Å². The van der Waals surface area contributed by atoms with E-state index in [0.29, 0.717) is 6.07 Å². The van der Waals surface area contributed by atoms with E-state index in [1.54, 1.807) is 13.8 Å². The summed E-state index contributed by atoms with van der Waals surface area (Å²) >= 11 is 0. The van der Waals surface area contributed by atoms with Crippen molar-refractivity contribution in [2.75, 3.05) is 6.61 Å². The van der Waals surface area contributed by atoms with Crippen molar-refractivity contribution in [1.82, 2.24) is 5.32 Å². The molecule has 1 fully saturated rings. The molecule has 2 rings (SSSR count). The molecular weight excluding hydrogens is 278 g/mol. The lowest BCUT2D eigenvalue weighted by atomic mass is 9.80. The maximum absolute atomic E-state index is 13.6. The lowest BCUT2D eigenvalue weighted by molar-refractivity contribution is -0.140. The quantitative estimate of drug-likeness (QED) is 0.802. The fourth-order valence-corrected chi connectivity index (χ4v) is 2.17. The number of ether oxygens (including phenoxy) is 1. The van der Waals surface area contributed by atoms with Crippen LogP contribution >= 0.6 is 0 Å². The second kappa shape index (κ2) is 4.64. The van der Waals surface area contributed by atoms with Crippen LogP contribution in [-0.2, 0) is 10.9 Å². The van der Waals surface area contributed by atoms with Crippen LogP contribution in [0, 0.1) is 11.2 Å². The van der Waals surface area contributed by atoms with E-state index in [1.807, 2.05) is 0 Å². The molecule has 0 bridgehead atoms. The summed E-state index contributed by atoms with van der Waals surface area (Å²) in [5.74, 6) is -1.36. The fraction of sp³-hybridized carbons (Fsp3) is 0.462. The van der Waals surface area contributed by atoms with Gasteiger partial charge in [-0.3, -0.25) is 0 Å². The van der Waals surface area contributed by atoms with Gasteiger partial charge in [0.2, 0.25) is 0 Å². The molecule has 1 aromatic rings. The highest BCUT2D eigenvalue weighted by atomic mass is 19.4. The number of carbonyl (C=O) groups excluding carboxylic acids is 1. The number of alkyl carbamates (subject to hydrolysis) is 1. The van der Waals surface area contributed by atoms with Crippen LogP contribution in [0.5, 0.6) is 0 Å². The summed E-state index contributed by atoms with van der Waals surface area (Å²) in [5, 5.41) is 2.50. The highest BCUT2D eigenvalue weighted by Gasteiger charge is 2.39. The standard InChI is InChI=1S/C13H13F4NO2/c1-12(2)6-20-11(19)18-10(12)7-3-4-8(9(14)5-7)13(15,16)17/h3-5,10H,6H2,1-2H3,(H,18,19)/t10-/m0/s1. The van der Waals surface area contributed by atoms with Gasteiger partial charge in [-0.05, 0) is 17.7 Å². The van der Waals surface area contributed by atoms with Gasteiger partial charge in [0.1, 0.15) is 12.4 Å². The normalized spacial score (nSPS) is 22.1. The number of nitrogens with one attached hydrogen (secondary N) is 1. The van der Waals surface area contributed by atoms with Crippen molar-refractivity contribution in [3.8, 4) is 0 Å². The van der Waals surface area contributed by atoms with Crippen molar-refractivity contribution in [2.45, 2.75) is 26.1 Å². The number of amides is 1. The van der Waals surface area contributed by atoms with Gasteiger partial charge in [0, 0.05) is 5.41 Å². The van der Waals surface area contributed by atoms with Crippen LogP contribution in [0.4, 0.5) is 22.4 Å². The smallest absolute Gasteiger partial charge is 0.419 e. The topological polar surface area (TPSA) is 38.3 Å². The minimum absolute atomic E-state index is 0.103. The van der Waals surface area contributed by atoms with Gasteiger partial charge in [-0.25, -0.2) is 9.18 Å². The van der Waals surface area contributed by atoms with Crippen molar-refractivity contribution in [3.63, 3.8) is 0 Å². The minimum Gasteiger partial charge on any atom is -0.449 e. The molecule has 1 atom stereocenters. The van der Waals surface area contributed by atoms with Crippen LogP contribution in [0.1, 0.15) is 31.0 Å². The van der Waals surface area contributed by atoms with E-state index >= 15 is 0 Å². The maximum atomic E-state index is 13.6. The molecule has 0 unspecified atom stereocenters. The van der Waals surface area contributed by atoms with Crippen LogP contribution in [0.25, 0.3) is 0 Å². The first-order valence-corrected chi connectivity index (χ1v) is 5.91. The van der Waals surface area contributed by atoms with Crippen molar-refractivity contribution in [1.29, 1.82) is 0 Å². The van der Waals surface area contributed by atoms with E-state index in [1.165, 1.54) is 6.07 Å². The number of rotatable bonds is 1.